The summed E-state index contributed by atoms with van der Waals surface area (Å²) in [4.78, 5) is 38.5. The molecule has 0 saturated heterocycles. The third-order valence-electron chi connectivity index (χ3n) is 5.33. The van der Waals surface area contributed by atoms with E-state index in [1.807, 2.05) is 54.6 Å². The van der Waals surface area contributed by atoms with Crippen molar-refractivity contribution in [2.75, 3.05) is 7.11 Å². The lowest BCUT2D eigenvalue weighted by atomic mass is 10.2. The van der Waals surface area contributed by atoms with Gasteiger partial charge in [-0.2, -0.15) is 0 Å². The summed E-state index contributed by atoms with van der Waals surface area (Å²) in [6.45, 7) is 2.03. The van der Waals surface area contributed by atoms with E-state index in [4.69, 9.17) is 9.47 Å². The molecule has 3 aromatic rings. The highest BCUT2D eigenvalue weighted by atomic mass is 16.5. The molecule has 0 spiro atoms. The fourth-order valence-electron chi connectivity index (χ4n) is 3.53. The molecule has 164 valence electrons. The molecule has 0 atom stereocenters. The summed E-state index contributed by atoms with van der Waals surface area (Å²) in [6, 6.07) is 16.6. The second-order valence-corrected chi connectivity index (χ2v) is 7.42. The number of hydrogen-bond donors (Lipinski definition) is 1. The molecule has 1 aliphatic rings. The van der Waals surface area contributed by atoms with Gasteiger partial charge in [0.15, 0.2) is 0 Å². The smallest absolute Gasteiger partial charge is 0.335 e. The Morgan fingerprint density at radius 1 is 1.09 bits per heavy atom. The van der Waals surface area contributed by atoms with Gasteiger partial charge in [0.2, 0.25) is 5.76 Å². The third kappa shape index (κ3) is 4.20. The SMILES string of the molecule is COc1cccc(CNC(=O)C2=Cn3c(c(C)c(=O)n(Cc4ccccc4)c3=O)CO2)c1. The van der Waals surface area contributed by atoms with Crippen LogP contribution in [0.25, 0.3) is 6.20 Å². The number of fused-ring (bicyclic) bond motifs is 1. The van der Waals surface area contributed by atoms with E-state index in [0.29, 0.717) is 17.0 Å². The van der Waals surface area contributed by atoms with Gasteiger partial charge < -0.3 is 14.8 Å². The molecule has 2 heterocycles. The van der Waals surface area contributed by atoms with Crippen molar-refractivity contribution in [2.45, 2.75) is 26.6 Å². The highest BCUT2D eigenvalue weighted by Gasteiger charge is 2.23. The Balaban J connectivity index is 1.61. The van der Waals surface area contributed by atoms with Crippen LogP contribution in [-0.4, -0.2) is 22.2 Å². The normalized spacial score (nSPS) is 12.4. The number of carbonyl (C=O) groups excluding carboxylic acids is 1. The molecule has 0 saturated carbocycles. The first-order valence-corrected chi connectivity index (χ1v) is 10.1. The Labute approximate surface area is 184 Å². The largest absolute Gasteiger partial charge is 0.497 e. The number of methoxy groups -OCH3 is 1. The molecule has 0 aliphatic carbocycles. The zero-order chi connectivity index (χ0) is 22.7. The van der Waals surface area contributed by atoms with Gasteiger partial charge in [0.1, 0.15) is 12.4 Å². The summed E-state index contributed by atoms with van der Waals surface area (Å²) in [7, 11) is 1.58. The van der Waals surface area contributed by atoms with Crippen LogP contribution >= 0.6 is 0 Å². The van der Waals surface area contributed by atoms with Crippen LogP contribution in [-0.2, 0) is 29.2 Å². The predicted molar refractivity (Wildman–Crippen MR) is 119 cm³/mol. The zero-order valence-corrected chi connectivity index (χ0v) is 17.8. The Morgan fingerprint density at radius 3 is 2.59 bits per heavy atom. The average Bonchev–Trinajstić information content (AvgIpc) is 2.84. The third-order valence-corrected chi connectivity index (χ3v) is 5.33. The number of carbonyl (C=O) groups is 1. The Hall–Kier alpha value is -4.07. The van der Waals surface area contributed by atoms with Crippen LogP contribution in [0.15, 0.2) is 69.9 Å². The van der Waals surface area contributed by atoms with Gasteiger partial charge in [0.05, 0.1) is 25.5 Å². The van der Waals surface area contributed by atoms with Crippen LogP contribution < -0.4 is 21.3 Å². The van der Waals surface area contributed by atoms with Gasteiger partial charge in [0, 0.05) is 12.1 Å². The second kappa shape index (κ2) is 8.97. The van der Waals surface area contributed by atoms with Crippen LogP contribution in [0.4, 0.5) is 0 Å². The zero-order valence-electron chi connectivity index (χ0n) is 17.8. The maximum absolute atomic E-state index is 13.1. The topological polar surface area (TPSA) is 91.6 Å². The van der Waals surface area contributed by atoms with Gasteiger partial charge in [-0.05, 0) is 30.2 Å². The number of rotatable bonds is 6. The van der Waals surface area contributed by atoms with E-state index in [1.54, 1.807) is 14.0 Å². The van der Waals surface area contributed by atoms with Crippen molar-refractivity contribution in [3.8, 4) is 5.75 Å². The first-order valence-electron chi connectivity index (χ1n) is 10.1. The Bertz CT molecular complexity index is 1310. The fourth-order valence-corrected chi connectivity index (χ4v) is 3.53. The molecule has 1 N–H and O–H groups in total. The van der Waals surface area contributed by atoms with Crippen LogP contribution in [0.1, 0.15) is 22.4 Å². The summed E-state index contributed by atoms with van der Waals surface area (Å²) < 4.78 is 13.2. The van der Waals surface area contributed by atoms with Crippen molar-refractivity contribution in [1.29, 1.82) is 0 Å². The van der Waals surface area contributed by atoms with Crippen LogP contribution in [0, 0.1) is 6.92 Å². The van der Waals surface area contributed by atoms with E-state index in [9.17, 15) is 14.4 Å². The molecule has 1 aliphatic heterocycles. The molecule has 2 aromatic carbocycles. The van der Waals surface area contributed by atoms with Gasteiger partial charge in [-0.15, -0.1) is 0 Å². The van der Waals surface area contributed by atoms with Gasteiger partial charge in [-0.1, -0.05) is 42.5 Å². The summed E-state index contributed by atoms with van der Waals surface area (Å²) in [5.74, 6) is 0.243. The summed E-state index contributed by atoms with van der Waals surface area (Å²) >= 11 is 0. The molecule has 0 bridgehead atoms. The molecule has 0 unspecified atom stereocenters. The predicted octanol–water partition coefficient (Wildman–Crippen LogP) is 2.02. The lowest BCUT2D eigenvalue weighted by molar-refractivity contribution is -0.121. The van der Waals surface area contributed by atoms with E-state index in [-0.39, 0.29) is 31.0 Å². The number of aromatic nitrogens is 2. The minimum absolute atomic E-state index is 0.00630. The van der Waals surface area contributed by atoms with E-state index >= 15 is 0 Å². The maximum atomic E-state index is 13.1. The molecular weight excluding hydrogens is 410 g/mol. The summed E-state index contributed by atoms with van der Waals surface area (Å²) in [6.07, 6.45) is 1.34. The quantitative estimate of drug-likeness (QED) is 0.642. The minimum atomic E-state index is -0.513. The number of nitrogens with zero attached hydrogens (tertiary/aromatic N) is 2. The van der Waals surface area contributed by atoms with Crippen molar-refractivity contribution >= 4 is 12.1 Å². The standard InChI is InChI=1S/C24H23N3O5/c1-16-20-15-32-21(22(28)25-12-18-9-6-10-19(11-18)31-2)14-26(20)24(30)27(23(16)29)13-17-7-4-3-5-8-17/h3-11,14H,12-13,15H2,1-2H3,(H,25,28). The Kier molecular flexibility index (Phi) is 5.93. The van der Waals surface area contributed by atoms with Crippen LogP contribution in [0.2, 0.25) is 0 Å². The van der Waals surface area contributed by atoms with Crippen LogP contribution in [0.3, 0.4) is 0 Å². The highest BCUT2D eigenvalue weighted by molar-refractivity contribution is 5.94. The van der Waals surface area contributed by atoms with E-state index < -0.39 is 11.6 Å². The number of hydrogen-bond acceptors (Lipinski definition) is 5. The molecule has 4 rings (SSSR count). The van der Waals surface area contributed by atoms with E-state index in [2.05, 4.69) is 5.32 Å². The monoisotopic (exact) mass is 433 g/mol. The first kappa shape index (κ1) is 21.2. The first-order chi connectivity index (χ1) is 15.5. The Morgan fingerprint density at radius 2 is 1.84 bits per heavy atom. The molecule has 8 heteroatoms. The van der Waals surface area contributed by atoms with Crippen LogP contribution in [0.5, 0.6) is 5.75 Å². The van der Waals surface area contributed by atoms with Crippen molar-refractivity contribution in [2.24, 2.45) is 0 Å². The van der Waals surface area contributed by atoms with Gasteiger partial charge in [-0.3, -0.25) is 18.7 Å². The molecule has 1 amide bonds. The van der Waals surface area contributed by atoms with E-state index in [1.165, 1.54) is 15.3 Å². The van der Waals surface area contributed by atoms with Crippen molar-refractivity contribution in [1.82, 2.24) is 14.5 Å². The number of ether oxygens (including phenoxy) is 2. The fraction of sp³-hybridized carbons (Fsp3) is 0.208. The molecule has 1 aromatic heterocycles. The van der Waals surface area contributed by atoms with Crippen molar-refractivity contribution < 1.29 is 14.3 Å². The average molecular weight is 433 g/mol. The number of nitrogens with one attached hydrogen (secondary N) is 1. The molecular formula is C24H23N3O5. The lowest BCUT2D eigenvalue weighted by Crippen LogP contribution is -2.43. The van der Waals surface area contributed by atoms with E-state index in [0.717, 1.165) is 11.1 Å². The summed E-state index contributed by atoms with van der Waals surface area (Å²) in [5.41, 5.74) is 1.66. The van der Waals surface area contributed by atoms with Gasteiger partial charge in [0.25, 0.3) is 11.5 Å². The lowest BCUT2D eigenvalue weighted by Gasteiger charge is -2.21. The second-order valence-electron chi connectivity index (χ2n) is 7.42. The molecule has 0 radical (unpaired) electrons. The molecule has 8 nitrogen and oxygen atoms in total. The van der Waals surface area contributed by atoms with Gasteiger partial charge in [-0.25, -0.2) is 4.79 Å². The number of benzene rings is 2. The maximum Gasteiger partial charge on any atom is 0.335 e. The number of amides is 1. The molecule has 0 fully saturated rings. The molecule has 32 heavy (non-hydrogen) atoms. The van der Waals surface area contributed by atoms with Gasteiger partial charge >= 0.3 is 5.69 Å². The van der Waals surface area contributed by atoms with Crippen molar-refractivity contribution in [3.63, 3.8) is 0 Å². The highest BCUT2D eigenvalue weighted by Crippen LogP contribution is 2.16. The summed E-state index contributed by atoms with van der Waals surface area (Å²) in [5, 5.41) is 2.78. The van der Waals surface area contributed by atoms with Crippen molar-refractivity contribution in [3.05, 3.63) is 104 Å². The minimum Gasteiger partial charge on any atom is -0.497 e.